The first-order chi connectivity index (χ1) is 10.2. The zero-order valence-corrected chi connectivity index (χ0v) is 12.6. The number of hydrogen-bond acceptors (Lipinski definition) is 4. The van der Waals surface area contributed by atoms with Crippen LogP contribution in [0.15, 0.2) is 36.4 Å². The maximum absolute atomic E-state index is 8.91. The minimum Gasteiger partial charge on any atom is -0.493 e. The van der Waals surface area contributed by atoms with Gasteiger partial charge in [0.1, 0.15) is 0 Å². The van der Waals surface area contributed by atoms with Crippen molar-refractivity contribution in [3.8, 4) is 17.6 Å². The van der Waals surface area contributed by atoms with Gasteiger partial charge in [0.2, 0.25) is 0 Å². The Balaban J connectivity index is 2.15. The molecule has 0 radical (unpaired) electrons. The van der Waals surface area contributed by atoms with E-state index in [2.05, 4.69) is 11.4 Å². The molecule has 0 heterocycles. The molecular formula is C16H15ClN2O2. The predicted octanol–water partition coefficient (Wildman–Crippen LogP) is 3.84. The van der Waals surface area contributed by atoms with Crippen LogP contribution in [0.4, 0.5) is 5.69 Å². The average Bonchev–Trinajstić information content (AvgIpc) is 2.53. The molecule has 2 rings (SSSR count). The Morgan fingerprint density at radius 3 is 2.52 bits per heavy atom. The third-order valence-electron chi connectivity index (χ3n) is 3.03. The van der Waals surface area contributed by atoms with Crippen molar-refractivity contribution in [1.29, 1.82) is 5.26 Å². The summed E-state index contributed by atoms with van der Waals surface area (Å²) in [5.74, 6) is 1.36. The molecule has 0 unspecified atom stereocenters. The summed E-state index contributed by atoms with van der Waals surface area (Å²) in [5, 5.41) is 12.7. The van der Waals surface area contributed by atoms with E-state index in [-0.39, 0.29) is 0 Å². The van der Waals surface area contributed by atoms with Gasteiger partial charge in [-0.15, -0.1) is 0 Å². The monoisotopic (exact) mass is 302 g/mol. The van der Waals surface area contributed by atoms with Gasteiger partial charge < -0.3 is 14.8 Å². The van der Waals surface area contributed by atoms with E-state index in [0.29, 0.717) is 28.6 Å². The molecule has 4 nitrogen and oxygen atoms in total. The van der Waals surface area contributed by atoms with Crippen LogP contribution in [0.1, 0.15) is 11.1 Å². The smallest absolute Gasteiger partial charge is 0.161 e. The SMILES string of the molecule is COc1ccc(CNc2cc(C#N)ccc2Cl)cc1OC. The fraction of sp³-hybridized carbons (Fsp3) is 0.188. The van der Waals surface area contributed by atoms with Crippen molar-refractivity contribution in [2.75, 3.05) is 19.5 Å². The van der Waals surface area contributed by atoms with Gasteiger partial charge in [0, 0.05) is 6.54 Å². The molecule has 0 aliphatic rings. The van der Waals surface area contributed by atoms with Crippen molar-refractivity contribution in [2.24, 2.45) is 0 Å². The summed E-state index contributed by atoms with van der Waals surface area (Å²) in [6, 6.07) is 12.9. The quantitative estimate of drug-likeness (QED) is 0.911. The standard InChI is InChI=1S/C16H15ClN2O2/c1-20-15-6-4-12(8-16(15)21-2)10-19-14-7-11(9-18)3-5-13(14)17/h3-8,19H,10H2,1-2H3. The van der Waals surface area contributed by atoms with Crippen molar-refractivity contribution in [3.63, 3.8) is 0 Å². The number of hydrogen-bond donors (Lipinski definition) is 1. The van der Waals surface area contributed by atoms with Crippen molar-refractivity contribution >= 4 is 17.3 Å². The largest absolute Gasteiger partial charge is 0.493 e. The summed E-state index contributed by atoms with van der Waals surface area (Å²) in [5.41, 5.74) is 2.31. The Hall–Kier alpha value is -2.38. The van der Waals surface area contributed by atoms with E-state index in [9.17, 15) is 0 Å². The number of rotatable bonds is 5. The second-order valence-corrected chi connectivity index (χ2v) is 4.76. The zero-order valence-electron chi connectivity index (χ0n) is 11.8. The van der Waals surface area contributed by atoms with E-state index in [0.717, 1.165) is 11.3 Å². The van der Waals surface area contributed by atoms with E-state index >= 15 is 0 Å². The van der Waals surface area contributed by atoms with E-state index in [1.807, 2.05) is 18.2 Å². The van der Waals surface area contributed by atoms with Crippen LogP contribution in [0.2, 0.25) is 5.02 Å². The number of methoxy groups -OCH3 is 2. The number of nitrogens with one attached hydrogen (secondary N) is 1. The number of nitrogens with zero attached hydrogens (tertiary/aromatic N) is 1. The number of nitriles is 1. The van der Waals surface area contributed by atoms with Crippen LogP contribution < -0.4 is 14.8 Å². The molecule has 108 valence electrons. The lowest BCUT2D eigenvalue weighted by molar-refractivity contribution is 0.354. The van der Waals surface area contributed by atoms with Gasteiger partial charge in [-0.3, -0.25) is 0 Å². The second kappa shape index (κ2) is 6.87. The Labute approximate surface area is 128 Å². The van der Waals surface area contributed by atoms with Crippen molar-refractivity contribution in [3.05, 3.63) is 52.5 Å². The average molecular weight is 303 g/mol. The Morgan fingerprint density at radius 2 is 1.86 bits per heavy atom. The summed E-state index contributed by atoms with van der Waals surface area (Å²) < 4.78 is 10.5. The van der Waals surface area contributed by atoms with E-state index in [1.54, 1.807) is 32.4 Å². The molecule has 0 saturated carbocycles. The third kappa shape index (κ3) is 3.59. The lowest BCUT2D eigenvalue weighted by atomic mass is 10.1. The Morgan fingerprint density at radius 1 is 1.10 bits per heavy atom. The van der Waals surface area contributed by atoms with Gasteiger partial charge in [0.05, 0.1) is 36.6 Å². The molecule has 5 heteroatoms. The number of benzene rings is 2. The highest BCUT2D eigenvalue weighted by molar-refractivity contribution is 6.33. The molecule has 0 aromatic heterocycles. The van der Waals surface area contributed by atoms with E-state index < -0.39 is 0 Å². The molecule has 1 N–H and O–H groups in total. The highest BCUT2D eigenvalue weighted by atomic mass is 35.5. The molecule has 2 aromatic carbocycles. The minimum absolute atomic E-state index is 0.564. The van der Waals surface area contributed by atoms with Crippen molar-refractivity contribution in [1.82, 2.24) is 0 Å². The highest BCUT2D eigenvalue weighted by Gasteiger charge is 2.06. The topological polar surface area (TPSA) is 54.3 Å². The summed E-state index contributed by atoms with van der Waals surface area (Å²) in [4.78, 5) is 0. The molecular weight excluding hydrogens is 288 g/mol. The van der Waals surface area contributed by atoms with E-state index in [4.69, 9.17) is 26.3 Å². The lowest BCUT2D eigenvalue weighted by Crippen LogP contribution is -2.01. The summed E-state index contributed by atoms with van der Waals surface area (Å²) in [7, 11) is 3.20. The molecule has 2 aromatic rings. The highest BCUT2D eigenvalue weighted by Crippen LogP contribution is 2.28. The number of anilines is 1. The first-order valence-corrected chi connectivity index (χ1v) is 6.70. The summed E-state index contributed by atoms with van der Waals surface area (Å²) in [6.07, 6.45) is 0. The first-order valence-electron chi connectivity index (χ1n) is 6.32. The van der Waals surface area contributed by atoms with Gasteiger partial charge in [-0.05, 0) is 35.9 Å². The van der Waals surface area contributed by atoms with Gasteiger partial charge in [-0.2, -0.15) is 5.26 Å². The zero-order chi connectivity index (χ0) is 15.2. The molecule has 0 amide bonds. The van der Waals surface area contributed by atoms with Crippen molar-refractivity contribution in [2.45, 2.75) is 6.54 Å². The number of halogens is 1. The molecule has 0 atom stereocenters. The fourth-order valence-electron chi connectivity index (χ4n) is 1.92. The van der Waals surface area contributed by atoms with Gasteiger partial charge in [-0.1, -0.05) is 17.7 Å². The van der Waals surface area contributed by atoms with Crippen LogP contribution in [0, 0.1) is 11.3 Å². The normalized spacial score (nSPS) is 9.81. The number of ether oxygens (including phenoxy) is 2. The van der Waals surface area contributed by atoms with Gasteiger partial charge in [0.15, 0.2) is 11.5 Å². The minimum atomic E-state index is 0.564. The second-order valence-electron chi connectivity index (χ2n) is 4.35. The Kier molecular flexibility index (Phi) is 4.91. The van der Waals surface area contributed by atoms with Crippen LogP contribution in [0.25, 0.3) is 0 Å². The van der Waals surface area contributed by atoms with Gasteiger partial charge in [-0.25, -0.2) is 0 Å². The predicted molar refractivity (Wildman–Crippen MR) is 83.0 cm³/mol. The maximum atomic E-state index is 8.91. The molecule has 0 saturated heterocycles. The van der Waals surface area contributed by atoms with Crippen LogP contribution in [0.3, 0.4) is 0 Å². The van der Waals surface area contributed by atoms with Gasteiger partial charge in [0.25, 0.3) is 0 Å². The van der Waals surface area contributed by atoms with Gasteiger partial charge >= 0.3 is 0 Å². The van der Waals surface area contributed by atoms with Crippen LogP contribution >= 0.6 is 11.6 Å². The van der Waals surface area contributed by atoms with Crippen LogP contribution in [0.5, 0.6) is 11.5 Å². The molecule has 0 spiro atoms. The van der Waals surface area contributed by atoms with Crippen LogP contribution in [-0.2, 0) is 6.54 Å². The maximum Gasteiger partial charge on any atom is 0.161 e. The molecule has 0 aliphatic carbocycles. The first kappa shape index (κ1) is 15.0. The molecule has 0 bridgehead atoms. The Bertz CT molecular complexity index is 680. The lowest BCUT2D eigenvalue weighted by Gasteiger charge is -2.12. The summed E-state index contributed by atoms with van der Waals surface area (Å²) in [6.45, 7) is 0.564. The molecule has 21 heavy (non-hydrogen) atoms. The fourth-order valence-corrected chi connectivity index (χ4v) is 2.10. The molecule has 0 fully saturated rings. The van der Waals surface area contributed by atoms with Crippen LogP contribution in [-0.4, -0.2) is 14.2 Å². The van der Waals surface area contributed by atoms with E-state index in [1.165, 1.54) is 0 Å². The van der Waals surface area contributed by atoms with Crippen molar-refractivity contribution < 1.29 is 9.47 Å². The third-order valence-corrected chi connectivity index (χ3v) is 3.36. The summed E-state index contributed by atoms with van der Waals surface area (Å²) >= 11 is 6.11. The molecule has 0 aliphatic heterocycles.